The van der Waals surface area contributed by atoms with Gasteiger partial charge in [0.15, 0.2) is 0 Å². The molecule has 1 unspecified atom stereocenters. The van der Waals surface area contributed by atoms with Gasteiger partial charge in [-0.1, -0.05) is 32.1 Å². The predicted molar refractivity (Wildman–Crippen MR) is 70.3 cm³/mol. The second-order valence-electron chi connectivity index (χ2n) is 5.06. The maximum absolute atomic E-state index is 11.8. The van der Waals surface area contributed by atoms with Gasteiger partial charge in [0.1, 0.15) is 11.0 Å². The van der Waals surface area contributed by atoms with Gasteiger partial charge in [-0.05, 0) is 13.8 Å². The summed E-state index contributed by atoms with van der Waals surface area (Å²) in [6.45, 7) is 8.81. The predicted octanol–water partition coefficient (Wildman–Crippen LogP) is 1.34. The van der Waals surface area contributed by atoms with Crippen molar-refractivity contribution in [2.45, 2.75) is 40.7 Å². The minimum Gasteiger partial charge on any atom is -0.344 e. The quantitative estimate of drug-likeness (QED) is 0.868. The molecule has 0 spiro atoms. The van der Waals surface area contributed by atoms with Crippen molar-refractivity contribution in [3.8, 4) is 0 Å². The van der Waals surface area contributed by atoms with Crippen molar-refractivity contribution in [2.75, 3.05) is 5.32 Å². The van der Waals surface area contributed by atoms with Gasteiger partial charge in [-0.15, -0.1) is 10.2 Å². The maximum Gasteiger partial charge on any atom is 0.248 e. The lowest BCUT2D eigenvalue weighted by Gasteiger charge is -2.20. The highest BCUT2D eigenvalue weighted by molar-refractivity contribution is 7.15. The Labute approximate surface area is 110 Å². The Hall–Kier alpha value is -1.50. The summed E-state index contributed by atoms with van der Waals surface area (Å²) >= 11 is 1.29. The molecule has 2 amide bonds. The van der Waals surface area contributed by atoms with E-state index in [-0.39, 0.29) is 11.8 Å². The molecule has 7 heteroatoms. The smallest absolute Gasteiger partial charge is 0.248 e. The number of nitrogens with one attached hydrogen (secondary N) is 2. The Bertz CT molecular complexity index is 450. The molecule has 0 aliphatic carbocycles. The van der Waals surface area contributed by atoms with Crippen LogP contribution in [0.4, 0.5) is 5.13 Å². The third-order valence-corrected chi connectivity index (χ3v) is 2.93. The van der Waals surface area contributed by atoms with Crippen LogP contribution in [0.25, 0.3) is 0 Å². The Morgan fingerprint density at radius 2 is 1.89 bits per heavy atom. The lowest BCUT2D eigenvalue weighted by atomic mass is 9.95. The number of anilines is 1. The molecule has 1 heterocycles. The summed E-state index contributed by atoms with van der Waals surface area (Å²) in [6.07, 6.45) is 0. The van der Waals surface area contributed by atoms with Crippen molar-refractivity contribution in [3.63, 3.8) is 0 Å². The van der Waals surface area contributed by atoms with Gasteiger partial charge in [0, 0.05) is 5.41 Å². The van der Waals surface area contributed by atoms with Gasteiger partial charge in [0.05, 0.1) is 0 Å². The van der Waals surface area contributed by atoms with Crippen LogP contribution < -0.4 is 10.6 Å². The van der Waals surface area contributed by atoms with Gasteiger partial charge in [0.2, 0.25) is 16.9 Å². The number of carbonyl (C=O) groups excluding carboxylic acids is 2. The molecule has 0 radical (unpaired) electrons. The van der Waals surface area contributed by atoms with Crippen molar-refractivity contribution < 1.29 is 9.59 Å². The van der Waals surface area contributed by atoms with E-state index in [1.807, 2.05) is 0 Å². The number of carbonyl (C=O) groups is 2. The van der Waals surface area contributed by atoms with Crippen molar-refractivity contribution >= 4 is 28.3 Å². The van der Waals surface area contributed by atoms with Crippen LogP contribution in [0, 0.1) is 12.3 Å². The number of nitrogens with zero attached hydrogens (tertiary/aromatic N) is 2. The van der Waals surface area contributed by atoms with E-state index in [4.69, 9.17) is 0 Å². The molecule has 100 valence electrons. The highest BCUT2D eigenvalue weighted by Gasteiger charge is 2.25. The Kier molecular flexibility index (Phi) is 4.39. The topological polar surface area (TPSA) is 84.0 Å². The van der Waals surface area contributed by atoms with E-state index in [0.29, 0.717) is 5.13 Å². The van der Waals surface area contributed by atoms with Crippen LogP contribution in [0.3, 0.4) is 0 Å². The fourth-order valence-corrected chi connectivity index (χ4v) is 1.63. The second kappa shape index (κ2) is 5.43. The molecule has 18 heavy (non-hydrogen) atoms. The van der Waals surface area contributed by atoms with E-state index in [1.54, 1.807) is 34.6 Å². The molecule has 0 aliphatic rings. The Balaban J connectivity index is 2.54. The molecule has 1 aromatic heterocycles. The minimum atomic E-state index is -0.610. The monoisotopic (exact) mass is 270 g/mol. The van der Waals surface area contributed by atoms with Crippen LogP contribution >= 0.6 is 11.3 Å². The lowest BCUT2D eigenvalue weighted by molar-refractivity contribution is -0.131. The average Bonchev–Trinajstić information content (AvgIpc) is 2.62. The number of aryl methyl sites for hydroxylation is 1. The van der Waals surface area contributed by atoms with E-state index >= 15 is 0 Å². The number of amides is 2. The largest absolute Gasteiger partial charge is 0.344 e. The first-order valence-corrected chi connectivity index (χ1v) is 6.43. The zero-order valence-electron chi connectivity index (χ0n) is 11.2. The molecule has 1 atom stereocenters. The molecule has 0 saturated carbocycles. The molecular formula is C11H18N4O2S. The van der Waals surface area contributed by atoms with E-state index < -0.39 is 11.5 Å². The number of hydrogen-bond donors (Lipinski definition) is 2. The number of rotatable bonds is 3. The van der Waals surface area contributed by atoms with Crippen molar-refractivity contribution in [1.29, 1.82) is 0 Å². The van der Waals surface area contributed by atoms with Crippen molar-refractivity contribution in [1.82, 2.24) is 15.5 Å². The summed E-state index contributed by atoms with van der Waals surface area (Å²) in [7, 11) is 0. The first-order chi connectivity index (χ1) is 8.20. The first-order valence-electron chi connectivity index (χ1n) is 5.62. The van der Waals surface area contributed by atoms with E-state index in [1.165, 1.54) is 11.3 Å². The average molecular weight is 270 g/mol. The van der Waals surface area contributed by atoms with Gasteiger partial charge >= 0.3 is 0 Å². The van der Waals surface area contributed by atoms with Crippen LogP contribution in [0.1, 0.15) is 32.7 Å². The molecule has 0 aromatic carbocycles. The SMILES string of the molecule is Cc1nnc(NC(=O)C(C)NC(=O)C(C)(C)C)s1. The highest BCUT2D eigenvalue weighted by Crippen LogP contribution is 2.15. The van der Waals surface area contributed by atoms with Gasteiger partial charge < -0.3 is 5.32 Å². The summed E-state index contributed by atoms with van der Waals surface area (Å²) in [4.78, 5) is 23.5. The number of hydrogen-bond acceptors (Lipinski definition) is 5. The molecule has 6 nitrogen and oxygen atoms in total. The zero-order valence-corrected chi connectivity index (χ0v) is 12.0. The van der Waals surface area contributed by atoms with Crippen LogP contribution in [0.15, 0.2) is 0 Å². The third kappa shape index (κ3) is 4.06. The molecule has 1 rings (SSSR count). The molecular weight excluding hydrogens is 252 g/mol. The van der Waals surface area contributed by atoms with Gasteiger partial charge in [-0.3, -0.25) is 14.9 Å². The summed E-state index contributed by atoms with van der Waals surface area (Å²) in [6, 6.07) is -0.610. The summed E-state index contributed by atoms with van der Waals surface area (Å²) < 4.78 is 0. The Morgan fingerprint density at radius 3 is 2.33 bits per heavy atom. The molecule has 2 N–H and O–H groups in total. The van der Waals surface area contributed by atoms with E-state index in [2.05, 4.69) is 20.8 Å². The van der Waals surface area contributed by atoms with Crippen molar-refractivity contribution in [3.05, 3.63) is 5.01 Å². The summed E-state index contributed by atoms with van der Waals surface area (Å²) in [5.41, 5.74) is -0.520. The van der Waals surface area contributed by atoms with Crippen LogP contribution in [0.5, 0.6) is 0 Å². The van der Waals surface area contributed by atoms with Crippen molar-refractivity contribution in [2.24, 2.45) is 5.41 Å². The zero-order chi connectivity index (χ0) is 13.9. The highest BCUT2D eigenvalue weighted by atomic mass is 32.1. The first kappa shape index (κ1) is 14.6. The van der Waals surface area contributed by atoms with E-state index in [9.17, 15) is 9.59 Å². The Morgan fingerprint density at radius 1 is 1.28 bits per heavy atom. The van der Waals surface area contributed by atoms with E-state index in [0.717, 1.165) is 5.01 Å². The second-order valence-corrected chi connectivity index (χ2v) is 6.24. The molecule has 0 fully saturated rings. The van der Waals surface area contributed by atoms with Gasteiger partial charge in [-0.25, -0.2) is 0 Å². The molecule has 0 aliphatic heterocycles. The van der Waals surface area contributed by atoms with Crippen LogP contribution in [0.2, 0.25) is 0 Å². The van der Waals surface area contributed by atoms with Gasteiger partial charge in [0.25, 0.3) is 0 Å². The third-order valence-electron chi connectivity index (χ3n) is 2.18. The van der Waals surface area contributed by atoms with Gasteiger partial charge in [-0.2, -0.15) is 0 Å². The fourth-order valence-electron chi connectivity index (χ4n) is 1.04. The maximum atomic E-state index is 11.8. The minimum absolute atomic E-state index is 0.168. The molecule has 0 saturated heterocycles. The summed E-state index contributed by atoms with van der Waals surface area (Å²) in [5.74, 6) is -0.470. The standard InChI is InChI=1S/C11H18N4O2S/c1-6(12-9(17)11(3,4)5)8(16)13-10-15-14-7(2)18-10/h6H,1-5H3,(H,12,17)(H,13,15,16). The van der Waals surface area contributed by atoms with Crippen LogP contribution in [-0.2, 0) is 9.59 Å². The lowest BCUT2D eigenvalue weighted by Crippen LogP contribution is -2.46. The number of aromatic nitrogens is 2. The molecule has 0 bridgehead atoms. The normalized spacial score (nSPS) is 12.9. The molecule has 1 aromatic rings. The fraction of sp³-hybridized carbons (Fsp3) is 0.636. The summed E-state index contributed by atoms with van der Waals surface area (Å²) in [5, 5.41) is 14.1. The van der Waals surface area contributed by atoms with Crippen LogP contribution in [-0.4, -0.2) is 28.1 Å².